The van der Waals surface area contributed by atoms with Crippen molar-refractivity contribution in [3.05, 3.63) is 35.8 Å². The molecule has 0 spiro atoms. The summed E-state index contributed by atoms with van der Waals surface area (Å²) < 4.78 is 17.2. The molecule has 0 radical (unpaired) electrons. The van der Waals surface area contributed by atoms with Gasteiger partial charge in [-0.3, -0.25) is 4.79 Å². The quantitative estimate of drug-likeness (QED) is 0.514. The van der Waals surface area contributed by atoms with Crippen LogP contribution in [0.4, 0.5) is 9.52 Å². The fraction of sp³-hybridized carbons (Fsp3) is 0.316. The number of aromatic nitrogens is 5. The second-order valence-corrected chi connectivity index (χ2v) is 9.46. The smallest absolute Gasteiger partial charge is 0.229 e. The molecule has 2 saturated carbocycles. The van der Waals surface area contributed by atoms with Crippen LogP contribution < -0.4 is 5.32 Å². The fourth-order valence-electron chi connectivity index (χ4n) is 3.16. The van der Waals surface area contributed by atoms with Gasteiger partial charge in [0.1, 0.15) is 5.82 Å². The number of carbonyl (C=O) groups excluding carboxylic acids is 1. The van der Waals surface area contributed by atoms with Crippen LogP contribution in [-0.4, -0.2) is 30.7 Å². The molecular weight excluding hydrogens is 411 g/mol. The highest BCUT2D eigenvalue weighted by Gasteiger charge is 2.30. The Morgan fingerprint density at radius 3 is 2.86 bits per heavy atom. The summed E-state index contributed by atoms with van der Waals surface area (Å²) in [5, 5.41) is 16.8. The second kappa shape index (κ2) is 6.46. The van der Waals surface area contributed by atoms with E-state index in [4.69, 9.17) is 0 Å². The molecule has 6 rings (SSSR count). The zero-order valence-corrected chi connectivity index (χ0v) is 16.8. The zero-order valence-electron chi connectivity index (χ0n) is 15.1. The van der Waals surface area contributed by atoms with Crippen LogP contribution >= 0.6 is 23.1 Å². The van der Waals surface area contributed by atoms with Gasteiger partial charge < -0.3 is 5.32 Å². The summed E-state index contributed by atoms with van der Waals surface area (Å²) >= 11 is 2.53. The Bertz CT molecular complexity index is 1280. The lowest BCUT2D eigenvalue weighted by Crippen LogP contribution is -2.12. The molecule has 2 fully saturated rings. The molecule has 7 nitrogen and oxygen atoms in total. The molecule has 2 aliphatic carbocycles. The van der Waals surface area contributed by atoms with Gasteiger partial charge in [0.15, 0.2) is 10.8 Å². The average Bonchev–Trinajstić information content (AvgIpc) is 3.63. The Kier molecular flexibility index (Phi) is 3.85. The molecule has 0 aliphatic heterocycles. The van der Waals surface area contributed by atoms with E-state index in [0.717, 1.165) is 36.1 Å². The molecule has 1 amide bonds. The maximum Gasteiger partial charge on any atom is 0.229 e. The molecule has 0 bridgehead atoms. The molecule has 10 heteroatoms. The third kappa shape index (κ3) is 3.25. The van der Waals surface area contributed by atoms with Crippen LogP contribution in [0.5, 0.6) is 0 Å². The number of nitrogens with zero attached hydrogens (tertiary/aromatic N) is 5. The van der Waals surface area contributed by atoms with Gasteiger partial charge in [0, 0.05) is 17.9 Å². The molecule has 0 atom stereocenters. The standard InChI is InChI=1S/C19H15FN6OS2/c20-11-7-13-15(28-18(21-13)22-17(27)10-3-4-10)8-14(11)29-19-24-23-16-6-5-12(9-1-2-9)25-26(16)19/h5-10H,1-4H2,(H,21,22,27). The molecule has 146 valence electrons. The van der Waals surface area contributed by atoms with Crippen molar-refractivity contribution in [2.24, 2.45) is 5.92 Å². The Morgan fingerprint density at radius 2 is 2.07 bits per heavy atom. The van der Waals surface area contributed by atoms with Crippen molar-refractivity contribution in [3.8, 4) is 0 Å². The minimum atomic E-state index is -0.386. The molecule has 29 heavy (non-hydrogen) atoms. The summed E-state index contributed by atoms with van der Waals surface area (Å²) in [6.45, 7) is 0. The van der Waals surface area contributed by atoms with E-state index >= 15 is 0 Å². The second-order valence-electron chi connectivity index (χ2n) is 7.42. The fourth-order valence-corrected chi connectivity index (χ4v) is 4.95. The van der Waals surface area contributed by atoms with E-state index in [1.165, 1.54) is 29.2 Å². The summed E-state index contributed by atoms with van der Waals surface area (Å²) in [7, 11) is 0. The molecule has 3 aromatic heterocycles. The number of rotatable bonds is 5. The van der Waals surface area contributed by atoms with Crippen LogP contribution in [0, 0.1) is 11.7 Å². The highest BCUT2D eigenvalue weighted by molar-refractivity contribution is 7.99. The Morgan fingerprint density at radius 1 is 1.21 bits per heavy atom. The summed E-state index contributed by atoms with van der Waals surface area (Å²) in [4.78, 5) is 16.7. The number of hydrogen-bond donors (Lipinski definition) is 1. The minimum Gasteiger partial charge on any atom is -0.302 e. The van der Waals surface area contributed by atoms with Gasteiger partial charge in [0.2, 0.25) is 11.1 Å². The maximum atomic E-state index is 14.7. The van der Waals surface area contributed by atoms with Gasteiger partial charge in [-0.2, -0.15) is 9.61 Å². The first-order valence-corrected chi connectivity index (χ1v) is 11.1. The number of carbonyl (C=O) groups is 1. The molecule has 0 unspecified atom stereocenters. The van der Waals surface area contributed by atoms with E-state index in [0.29, 0.717) is 32.3 Å². The Labute approximate surface area is 172 Å². The largest absolute Gasteiger partial charge is 0.302 e. The van der Waals surface area contributed by atoms with Crippen molar-refractivity contribution in [3.63, 3.8) is 0 Å². The lowest BCUT2D eigenvalue weighted by Gasteiger charge is -2.03. The molecule has 2 aliphatic rings. The maximum absolute atomic E-state index is 14.7. The van der Waals surface area contributed by atoms with Gasteiger partial charge in [0.25, 0.3) is 0 Å². The average molecular weight is 427 g/mol. The minimum absolute atomic E-state index is 0.00778. The van der Waals surface area contributed by atoms with Crippen molar-refractivity contribution >= 4 is 50.0 Å². The summed E-state index contributed by atoms with van der Waals surface area (Å²) in [6.07, 6.45) is 4.16. The van der Waals surface area contributed by atoms with Crippen molar-refractivity contribution in [1.29, 1.82) is 0 Å². The lowest BCUT2D eigenvalue weighted by atomic mass is 10.3. The normalized spacial score (nSPS) is 16.6. The predicted molar refractivity (Wildman–Crippen MR) is 108 cm³/mol. The van der Waals surface area contributed by atoms with E-state index in [9.17, 15) is 9.18 Å². The first-order chi connectivity index (χ1) is 14.1. The van der Waals surface area contributed by atoms with Gasteiger partial charge in [-0.1, -0.05) is 11.3 Å². The first kappa shape index (κ1) is 17.3. The van der Waals surface area contributed by atoms with Crippen LogP contribution in [0.1, 0.15) is 37.3 Å². The molecule has 3 heterocycles. The van der Waals surface area contributed by atoms with Crippen LogP contribution in [0.15, 0.2) is 34.3 Å². The number of halogens is 1. The van der Waals surface area contributed by atoms with Crippen molar-refractivity contribution in [2.75, 3.05) is 5.32 Å². The number of benzene rings is 1. The summed E-state index contributed by atoms with van der Waals surface area (Å²) in [5.41, 5.74) is 2.19. The molecular formula is C19H15FN6OS2. The van der Waals surface area contributed by atoms with Crippen molar-refractivity contribution in [2.45, 2.75) is 41.7 Å². The molecule has 1 aromatic carbocycles. The number of fused-ring (bicyclic) bond motifs is 2. The highest BCUT2D eigenvalue weighted by atomic mass is 32.2. The van der Waals surface area contributed by atoms with Gasteiger partial charge in [-0.25, -0.2) is 9.37 Å². The predicted octanol–water partition coefficient (Wildman–Crippen LogP) is 4.25. The van der Waals surface area contributed by atoms with Gasteiger partial charge in [-0.05, 0) is 55.6 Å². The van der Waals surface area contributed by atoms with Crippen molar-refractivity contribution in [1.82, 2.24) is 24.8 Å². The SMILES string of the molecule is O=C(Nc1nc2cc(F)c(Sc3nnc4ccc(C5CC5)nn34)cc2s1)C1CC1. The van der Waals surface area contributed by atoms with Crippen LogP contribution in [0.3, 0.4) is 0 Å². The number of thiazole rings is 1. The number of hydrogen-bond acceptors (Lipinski definition) is 7. The van der Waals surface area contributed by atoms with Gasteiger partial charge in [-0.15, -0.1) is 10.2 Å². The van der Waals surface area contributed by atoms with Gasteiger partial charge in [0.05, 0.1) is 20.8 Å². The number of anilines is 1. The van der Waals surface area contributed by atoms with Crippen LogP contribution in [0.25, 0.3) is 15.9 Å². The summed E-state index contributed by atoms with van der Waals surface area (Å²) in [5.74, 6) is 0.211. The van der Waals surface area contributed by atoms with Crippen LogP contribution in [0.2, 0.25) is 0 Å². The van der Waals surface area contributed by atoms with E-state index in [1.807, 2.05) is 12.1 Å². The molecule has 1 N–H and O–H groups in total. The molecule has 0 saturated heterocycles. The van der Waals surface area contributed by atoms with Crippen LogP contribution in [-0.2, 0) is 4.79 Å². The Hall–Kier alpha value is -2.59. The van der Waals surface area contributed by atoms with E-state index in [1.54, 1.807) is 10.6 Å². The monoisotopic (exact) mass is 426 g/mol. The number of nitrogens with one attached hydrogen (secondary N) is 1. The third-order valence-electron chi connectivity index (χ3n) is 5.07. The topological polar surface area (TPSA) is 85.1 Å². The van der Waals surface area contributed by atoms with Crippen molar-refractivity contribution < 1.29 is 9.18 Å². The zero-order chi connectivity index (χ0) is 19.5. The van der Waals surface area contributed by atoms with E-state index < -0.39 is 0 Å². The Balaban J connectivity index is 1.32. The lowest BCUT2D eigenvalue weighted by molar-refractivity contribution is -0.117. The number of amides is 1. The summed E-state index contributed by atoms with van der Waals surface area (Å²) in [6, 6.07) is 7.02. The highest BCUT2D eigenvalue weighted by Crippen LogP contribution is 2.39. The molecule has 4 aromatic rings. The third-order valence-corrected chi connectivity index (χ3v) is 6.98. The van der Waals surface area contributed by atoms with E-state index in [2.05, 4.69) is 25.6 Å². The first-order valence-electron chi connectivity index (χ1n) is 9.45. The van der Waals surface area contributed by atoms with E-state index in [-0.39, 0.29) is 17.6 Å². The van der Waals surface area contributed by atoms with Gasteiger partial charge >= 0.3 is 0 Å².